The molecule has 0 heterocycles. The molecule has 0 saturated carbocycles. The van der Waals surface area contributed by atoms with E-state index in [1.54, 1.807) is 0 Å². The third kappa shape index (κ3) is 3.74. The van der Waals surface area contributed by atoms with Crippen molar-refractivity contribution in [2.24, 2.45) is 5.92 Å². The monoisotopic (exact) mass is 253 g/mol. The lowest BCUT2D eigenvalue weighted by Gasteiger charge is -2.25. The summed E-state index contributed by atoms with van der Waals surface area (Å²) in [6.07, 6.45) is 0. The lowest BCUT2D eigenvalue weighted by molar-refractivity contribution is -0.125. The summed E-state index contributed by atoms with van der Waals surface area (Å²) in [6, 6.07) is 7.46. The zero-order valence-corrected chi connectivity index (χ0v) is 11.6. The maximum atomic E-state index is 12.1. The van der Waals surface area contributed by atoms with Gasteiger partial charge in [-0.2, -0.15) is 0 Å². The van der Waals surface area contributed by atoms with Crippen LogP contribution in [0.5, 0.6) is 0 Å². The van der Waals surface area contributed by atoms with Crippen LogP contribution in [0.4, 0.5) is 0 Å². The number of benzene rings is 1. The van der Waals surface area contributed by atoms with Crippen LogP contribution in [-0.4, -0.2) is 12.5 Å². The maximum Gasteiger partial charge on any atom is 0.230 e. The first-order valence-corrected chi connectivity index (χ1v) is 6.26. The van der Waals surface area contributed by atoms with Crippen LogP contribution in [0.25, 0.3) is 0 Å². The minimum atomic E-state index is -0.556. The minimum Gasteiger partial charge on any atom is -0.355 e. The number of carbonyl (C=O) groups excluding carboxylic acids is 1. The Morgan fingerprint density at radius 3 is 2.59 bits per heavy atom. The molecule has 0 aliphatic carbocycles. The van der Waals surface area contributed by atoms with E-state index in [0.29, 0.717) is 17.5 Å². The molecule has 0 aliphatic rings. The van der Waals surface area contributed by atoms with Crippen molar-refractivity contribution < 1.29 is 4.79 Å². The zero-order valence-electron chi connectivity index (χ0n) is 10.9. The third-order valence-electron chi connectivity index (χ3n) is 2.78. The molecule has 0 atom stereocenters. The van der Waals surface area contributed by atoms with Crippen molar-refractivity contribution in [3.05, 3.63) is 34.9 Å². The van der Waals surface area contributed by atoms with Crippen LogP contribution in [0.15, 0.2) is 24.3 Å². The molecule has 0 fully saturated rings. The third-order valence-corrected chi connectivity index (χ3v) is 3.02. The van der Waals surface area contributed by atoms with Crippen LogP contribution in [0.1, 0.15) is 33.3 Å². The average Bonchev–Trinajstić information content (AvgIpc) is 2.25. The van der Waals surface area contributed by atoms with Gasteiger partial charge in [-0.25, -0.2) is 0 Å². The summed E-state index contributed by atoms with van der Waals surface area (Å²) in [6.45, 7) is 8.67. The second-order valence-electron chi connectivity index (χ2n) is 5.24. The number of amides is 1. The molecule has 1 amide bonds. The molecule has 1 N–H and O–H groups in total. The van der Waals surface area contributed by atoms with Gasteiger partial charge in [0.05, 0.1) is 5.41 Å². The molecule has 1 aromatic carbocycles. The van der Waals surface area contributed by atoms with E-state index in [0.717, 1.165) is 5.56 Å². The summed E-state index contributed by atoms with van der Waals surface area (Å²) in [5, 5.41) is 3.62. The van der Waals surface area contributed by atoms with Crippen LogP contribution in [0.2, 0.25) is 5.02 Å². The SMILES string of the molecule is CC(C)CNC(=O)C(C)(C)c1cccc(Cl)c1. The normalized spacial score (nSPS) is 11.6. The molecule has 0 unspecified atom stereocenters. The van der Waals surface area contributed by atoms with Crippen molar-refractivity contribution in [2.75, 3.05) is 6.54 Å². The molecule has 2 nitrogen and oxygen atoms in total. The van der Waals surface area contributed by atoms with Crippen molar-refractivity contribution in [3.63, 3.8) is 0 Å². The van der Waals surface area contributed by atoms with Gasteiger partial charge in [0, 0.05) is 11.6 Å². The molecule has 0 spiro atoms. The molecule has 0 aromatic heterocycles. The standard InChI is InChI=1S/C14H20ClNO/c1-10(2)9-16-13(17)14(3,4)11-6-5-7-12(15)8-11/h5-8,10H,9H2,1-4H3,(H,16,17). The predicted molar refractivity (Wildman–Crippen MR) is 72.3 cm³/mol. The molecule has 0 bridgehead atoms. The number of hydrogen-bond donors (Lipinski definition) is 1. The summed E-state index contributed by atoms with van der Waals surface area (Å²) in [5.74, 6) is 0.488. The summed E-state index contributed by atoms with van der Waals surface area (Å²) < 4.78 is 0. The van der Waals surface area contributed by atoms with Crippen LogP contribution in [0, 0.1) is 5.92 Å². The molecule has 1 rings (SSSR count). The van der Waals surface area contributed by atoms with E-state index >= 15 is 0 Å². The average molecular weight is 254 g/mol. The maximum absolute atomic E-state index is 12.1. The van der Waals surface area contributed by atoms with E-state index in [-0.39, 0.29) is 5.91 Å². The highest BCUT2D eigenvalue weighted by atomic mass is 35.5. The van der Waals surface area contributed by atoms with Gasteiger partial charge in [-0.15, -0.1) is 0 Å². The molecule has 0 aliphatic heterocycles. The van der Waals surface area contributed by atoms with E-state index in [2.05, 4.69) is 19.2 Å². The first kappa shape index (κ1) is 14.0. The van der Waals surface area contributed by atoms with Gasteiger partial charge >= 0.3 is 0 Å². The Morgan fingerprint density at radius 2 is 2.06 bits per heavy atom. The highest BCUT2D eigenvalue weighted by molar-refractivity contribution is 6.30. The van der Waals surface area contributed by atoms with Gasteiger partial charge in [-0.05, 0) is 37.5 Å². The molecular formula is C14H20ClNO. The highest BCUT2D eigenvalue weighted by Gasteiger charge is 2.29. The van der Waals surface area contributed by atoms with Crippen LogP contribution in [0.3, 0.4) is 0 Å². The van der Waals surface area contributed by atoms with Gasteiger partial charge in [0.2, 0.25) is 5.91 Å². The molecule has 3 heteroatoms. The van der Waals surface area contributed by atoms with Crippen molar-refractivity contribution in [1.29, 1.82) is 0 Å². The molecular weight excluding hydrogens is 234 g/mol. The molecule has 1 aromatic rings. The highest BCUT2D eigenvalue weighted by Crippen LogP contribution is 2.25. The summed E-state index contributed by atoms with van der Waals surface area (Å²) in [7, 11) is 0. The lowest BCUT2D eigenvalue weighted by atomic mass is 9.83. The van der Waals surface area contributed by atoms with E-state index in [1.807, 2.05) is 38.1 Å². The Labute approximate surface area is 108 Å². The molecule has 0 radical (unpaired) electrons. The van der Waals surface area contributed by atoms with E-state index in [9.17, 15) is 4.79 Å². The number of hydrogen-bond acceptors (Lipinski definition) is 1. The predicted octanol–water partition coefficient (Wildman–Crippen LogP) is 3.39. The van der Waals surface area contributed by atoms with Gasteiger partial charge in [0.1, 0.15) is 0 Å². The Bertz CT molecular complexity index is 399. The Kier molecular flexibility index (Phi) is 4.58. The largest absolute Gasteiger partial charge is 0.355 e. The van der Waals surface area contributed by atoms with Crippen LogP contribution in [-0.2, 0) is 10.2 Å². The number of rotatable bonds is 4. The van der Waals surface area contributed by atoms with Crippen molar-refractivity contribution in [3.8, 4) is 0 Å². The summed E-state index contributed by atoms with van der Waals surface area (Å²) in [4.78, 5) is 12.1. The quantitative estimate of drug-likeness (QED) is 0.876. The Balaban J connectivity index is 2.83. The summed E-state index contributed by atoms with van der Waals surface area (Å²) >= 11 is 5.95. The van der Waals surface area contributed by atoms with Gasteiger partial charge in [-0.3, -0.25) is 4.79 Å². The number of carbonyl (C=O) groups is 1. The zero-order chi connectivity index (χ0) is 13.1. The second-order valence-corrected chi connectivity index (χ2v) is 5.68. The van der Waals surface area contributed by atoms with Crippen LogP contribution >= 0.6 is 11.6 Å². The van der Waals surface area contributed by atoms with Crippen molar-refractivity contribution in [1.82, 2.24) is 5.32 Å². The number of halogens is 1. The molecule has 94 valence electrons. The van der Waals surface area contributed by atoms with E-state index in [4.69, 9.17) is 11.6 Å². The van der Waals surface area contributed by atoms with Crippen molar-refractivity contribution >= 4 is 17.5 Å². The summed E-state index contributed by atoms with van der Waals surface area (Å²) in [5.41, 5.74) is 0.381. The van der Waals surface area contributed by atoms with E-state index in [1.165, 1.54) is 0 Å². The number of nitrogens with one attached hydrogen (secondary N) is 1. The van der Waals surface area contributed by atoms with Gasteiger partial charge in [-0.1, -0.05) is 37.6 Å². The van der Waals surface area contributed by atoms with Crippen LogP contribution < -0.4 is 5.32 Å². The first-order valence-electron chi connectivity index (χ1n) is 5.88. The van der Waals surface area contributed by atoms with E-state index < -0.39 is 5.41 Å². The Morgan fingerprint density at radius 1 is 1.41 bits per heavy atom. The first-order chi connectivity index (χ1) is 7.84. The van der Waals surface area contributed by atoms with Gasteiger partial charge in [0.25, 0.3) is 0 Å². The minimum absolute atomic E-state index is 0.0356. The Hall–Kier alpha value is -1.02. The lowest BCUT2D eigenvalue weighted by Crippen LogP contribution is -2.41. The molecule has 0 saturated heterocycles. The smallest absolute Gasteiger partial charge is 0.230 e. The van der Waals surface area contributed by atoms with Gasteiger partial charge in [0.15, 0.2) is 0 Å². The fourth-order valence-corrected chi connectivity index (χ4v) is 1.72. The van der Waals surface area contributed by atoms with Gasteiger partial charge < -0.3 is 5.32 Å². The fourth-order valence-electron chi connectivity index (χ4n) is 1.53. The molecule has 17 heavy (non-hydrogen) atoms. The topological polar surface area (TPSA) is 29.1 Å². The van der Waals surface area contributed by atoms with Crippen molar-refractivity contribution in [2.45, 2.75) is 33.1 Å². The second kappa shape index (κ2) is 5.54. The fraction of sp³-hybridized carbons (Fsp3) is 0.500.